The molecule has 0 saturated carbocycles. The van der Waals surface area contributed by atoms with Crippen molar-refractivity contribution in [3.05, 3.63) is 30.1 Å². The van der Waals surface area contributed by atoms with Gasteiger partial charge in [0.25, 0.3) is 5.72 Å². The van der Waals surface area contributed by atoms with E-state index in [1.54, 1.807) is 5.32 Å². The highest BCUT2D eigenvalue weighted by atomic mass is 32.1. The topological polar surface area (TPSA) is 83.5 Å². The van der Waals surface area contributed by atoms with Crippen LogP contribution in [0.3, 0.4) is 0 Å². The minimum atomic E-state index is -5.16. The number of alkyl halides is 3. The van der Waals surface area contributed by atoms with Gasteiger partial charge in [0.15, 0.2) is 5.11 Å². The number of hydrogen-bond donors (Lipinski definition) is 3. The number of nitrogens with one attached hydrogen (secondary N) is 2. The van der Waals surface area contributed by atoms with Crippen molar-refractivity contribution in [1.29, 1.82) is 0 Å². The first kappa shape index (κ1) is 17.4. The molecule has 1 saturated heterocycles. The van der Waals surface area contributed by atoms with E-state index in [-0.39, 0.29) is 12.2 Å². The zero-order valence-electron chi connectivity index (χ0n) is 11.9. The lowest BCUT2D eigenvalue weighted by molar-refractivity contribution is -0.292. The average Bonchev–Trinajstić information content (AvgIpc) is 2.46. The van der Waals surface area contributed by atoms with E-state index in [9.17, 15) is 23.1 Å². The first-order valence-electron chi connectivity index (χ1n) is 6.65. The van der Waals surface area contributed by atoms with Gasteiger partial charge in [-0.2, -0.15) is 13.2 Å². The Morgan fingerprint density at radius 2 is 2.26 bits per heavy atom. The van der Waals surface area contributed by atoms with Crippen LogP contribution in [0.25, 0.3) is 0 Å². The monoisotopic (exact) mass is 349 g/mol. The van der Waals surface area contributed by atoms with Crippen molar-refractivity contribution in [3.8, 4) is 0 Å². The first-order chi connectivity index (χ1) is 10.7. The third kappa shape index (κ3) is 3.22. The van der Waals surface area contributed by atoms with Gasteiger partial charge in [0.1, 0.15) is 5.92 Å². The van der Waals surface area contributed by atoms with Crippen molar-refractivity contribution in [3.63, 3.8) is 0 Å². The Bertz CT molecular complexity index is 599. The van der Waals surface area contributed by atoms with E-state index in [1.165, 1.54) is 31.5 Å². The van der Waals surface area contributed by atoms with Crippen LogP contribution in [0.15, 0.2) is 24.5 Å². The van der Waals surface area contributed by atoms with Gasteiger partial charge in [-0.15, -0.1) is 0 Å². The number of halogens is 3. The summed E-state index contributed by atoms with van der Waals surface area (Å²) in [6.07, 6.45) is -2.44. The molecular weight excluding hydrogens is 335 g/mol. The van der Waals surface area contributed by atoms with E-state index in [4.69, 9.17) is 17.0 Å². The summed E-state index contributed by atoms with van der Waals surface area (Å²) in [5, 5.41) is 14.1. The van der Waals surface area contributed by atoms with Crippen LogP contribution in [-0.2, 0) is 9.53 Å². The SMILES string of the molecule is CCOC(=O)[C@@H]1[C@H](c2cccnc2)NC(=S)N[C@@]1(O)C(F)(F)F. The van der Waals surface area contributed by atoms with Crippen LogP contribution in [0, 0.1) is 5.92 Å². The van der Waals surface area contributed by atoms with Crippen molar-refractivity contribution < 1.29 is 27.8 Å². The van der Waals surface area contributed by atoms with Gasteiger partial charge in [-0.3, -0.25) is 9.78 Å². The number of esters is 1. The van der Waals surface area contributed by atoms with Crippen LogP contribution in [-0.4, -0.2) is 39.7 Å². The number of carbonyl (C=O) groups is 1. The number of thiocarbonyl (C=S) groups is 1. The average molecular weight is 349 g/mol. The number of nitrogens with zero attached hydrogens (tertiary/aromatic N) is 1. The molecule has 0 aliphatic carbocycles. The van der Waals surface area contributed by atoms with Crippen molar-refractivity contribution in [2.75, 3.05) is 6.61 Å². The van der Waals surface area contributed by atoms with Crippen LogP contribution in [0.5, 0.6) is 0 Å². The van der Waals surface area contributed by atoms with Gasteiger partial charge in [0, 0.05) is 12.4 Å². The van der Waals surface area contributed by atoms with E-state index < -0.39 is 34.9 Å². The quantitative estimate of drug-likeness (QED) is 0.555. The van der Waals surface area contributed by atoms with Gasteiger partial charge >= 0.3 is 12.1 Å². The molecule has 0 radical (unpaired) electrons. The highest BCUT2D eigenvalue weighted by molar-refractivity contribution is 7.80. The minimum Gasteiger partial charge on any atom is -0.466 e. The molecule has 0 bridgehead atoms. The zero-order valence-corrected chi connectivity index (χ0v) is 12.7. The van der Waals surface area contributed by atoms with Gasteiger partial charge in [-0.05, 0) is 30.8 Å². The van der Waals surface area contributed by atoms with E-state index >= 15 is 0 Å². The van der Waals surface area contributed by atoms with Crippen LogP contribution < -0.4 is 10.6 Å². The lowest BCUT2D eigenvalue weighted by atomic mass is 9.82. The molecule has 0 amide bonds. The molecule has 126 valence electrons. The first-order valence-corrected chi connectivity index (χ1v) is 7.06. The molecule has 1 aromatic heterocycles. The van der Waals surface area contributed by atoms with Gasteiger partial charge in [-0.1, -0.05) is 6.07 Å². The Morgan fingerprint density at radius 1 is 1.57 bits per heavy atom. The number of hydrogen-bond acceptors (Lipinski definition) is 5. The summed E-state index contributed by atoms with van der Waals surface area (Å²) in [7, 11) is 0. The molecule has 3 atom stereocenters. The number of aromatic nitrogens is 1. The molecule has 0 aromatic carbocycles. The Hall–Kier alpha value is -1.94. The maximum absolute atomic E-state index is 13.4. The second-order valence-corrected chi connectivity index (χ2v) is 5.26. The van der Waals surface area contributed by atoms with Crippen molar-refractivity contribution in [1.82, 2.24) is 15.6 Å². The summed E-state index contributed by atoms with van der Waals surface area (Å²) >= 11 is 4.75. The summed E-state index contributed by atoms with van der Waals surface area (Å²) in [5.74, 6) is -3.21. The fourth-order valence-corrected chi connectivity index (χ4v) is 2.66. The second-order valence-electron chi connectivity index (χ2n) is 4.86. The molecule has 0 unspecified atom stereocenters. The molecular formula is C13H14F3N3O3S. The highest BCUT2D eigenvalue weighted by Gasteiger charge is 2.66. The van der Waals surface area contributed by atoms with Crippen molar-refractivity contribution in [2.45, 2.75) is 24.9 Å². The molecule has 23 heavy (non-hydrogen) atoms. The molecule has 1 aliphatic rings. The Morgan fingerprint density at radius 3 is 2.78 bits per heavy atom. The zero-order chi connectivity index (χ0) is 17.3. The lowest BCUT2D eigenvalue weighted by Gasteiger charge is -2.45. The van der Waals surface area contributed by atoms with Crippen LogP contribution in [0.1, 0.15) is 18.5 Å². The summed E-state index contributed by atoms with van der Waals surface area (Å²) in [6, 6.07) is 1.72. The number of rotatable bonds is 3. The van der Waals surface area contributed by atoms with E-state index in [2.05, 4.69) is 10.3 Å². The molecule has 1 fully saturated rings. The predicted molar refractivity (Wildman–Crippen MR) is 77.0 cm³/mol. The molecule has 0 spiro atoms. The smallest absolute Gasteiger partial charge is 0.437 e. The fraction of sp³-hybridized carbons (Fsp3) is 0.462. The standard InChI is InChI=1S/C13H14F3N3O3S/c1-2-22-10(20)8-9(7-4-3-5-17-6-7)18-11(23)19-12(8,21)13(14,15)16/h3-6,8-9,21H,2H2,1H3,(H2,18,19,23)/t8-,9-,12-/m0/s1. The molecule has 2 rings (SSSR count). The van der Waals surface area contributed by atoms with Crippen LogP contribution >= 0.6 is 12.2 Å². The summed E-state index contributed by atoms with van der Waals surface area (Å²) < 4.78 is 45.0. The predicted octanol–water partition coefficient (Wildman–Crippen LogP) is 1.03. The maximum atomic E-state index is 13.4. The molecule has 10 heteroatoms. The number of aliphatic hydroxyl groups is 1. The van der Waals surface area contributed by atoms with Gasteiger partial charge in [-0.25, -0.2) is 0 Å². The summed E-state index contributed by atoms with van der Waals surface area (Å²) in [4.78, 5) is 15.9. The Labute approximate surface area is 135 Å². The Balaban J connectivity index is 2.54. The number of ether oxygens (including phenoxy) is 1. The minimum absolute atomic E-state index is 0.131. The van der Waals surface area contributed by atoms with Crippen molar-refractivity contribution in [2.24, 2.45) is 5.92 Å². The molecule has 6 nitrogen and oxygen atoms in total. The van der Waals surface area contributed by atoms with Crippen molar-refractivity contribution >= 4 is 23.3 Å². The van der Waals surface area contributed by atoms with Crippen LogP contribution in [0.4, 0.5) is 13.2 Å². The number of pyridine rings is 1. The summed E-state index contributed by atoms with van der Waals surface area (Å²) in [6.45, 7) is 1.32. The normalized spacial score (nSPS) is 27.8. The lowest BCUT2D eigenvalue weighted by Crippen LogP contribution is -2.73. The van der Waals surface area contributed by atoms with Crippen LogP contribution in [0.2, 0.25) is 0 Å². The van der Waals surface area contributed by atoms with Gasteiger partial charge < -0.3 is 20.5 Å². The molecule has 1 aromatic rings. The highest BCUT2D eigenvalue weighted by Crippen LogP contribution is 2.42. The second kappa shape index (κ2) is 6.28. The molecule has 1 aliphatic heterocycles. The van der Waals surface area contributed by atoms with Gasteiger partial charge in [0.2, 0.25) is 0 Å². The number of carbonyl (C=O) groups excluding carboxylic acids is 1. The van der Waals surface area contributed by atoms with E-state index in [0.717, 1.165) is 0 Å². The third-order valence-corrected chi connectivity index (χ3v) is 3.61. The van der Waals surface area contributed by atoms with E-state index in [1.807, 2.05) is 0 Å². The largest absolute Gasteiger partial charge is 0.466 e. The Kier molecular flexibility index (Phi) is 4.76. The summed E-state index contributed by atoms with van der Waals surface area (Å²) in [5.41, 5.74) is -3.29. The fourth-order valence-electron chi connectivity index (χ4n) is 2.37. The maximum Gasteiger partial charge on any atom is 0.437 e. The molecule has 2 heterocycles. The molecule has 3 N–H and O–H groups in total. The third-order valence-electron chi connectivity index (χ3n) is 3.39. The van der Waals surface area contributed by atoms with E-state index in [0.29, 0.717) is 0 Å². The van der Waals surface area contributed by atoms with Gasteiger partial charge in [0.05, 0.1) is 12.6 Å².